The molecule has 0 spiro atoms. The van der Waals surface area contributed by atoms with Gasteiger partial charge in [-0.25, -0.2) is 17.9 Å². The number of likely N-dealkylation sites (N-methyl/N-ethyl adjacent to an activating group) is 1. The van der Waals surface area contributed by atoms with Gasteiger partial charge in [-0.2, -0.15) is 0 Å². The quantitative estimate of drug-likeness (QED) is 0.576. The first kappa shape index (κ1) is 20.8. The van der Waals surface area contributed by atoms with E-state index in [0.717, 1.165) is 0 Å². The normalized spacial score (nSPS) is 11.8. The Bertz CT molecular complexity index is 727. The fraction of sp³-hybridized carbons (Fsp3) is 0.533. The van der Waals surface area contributed by atoms with Gasteiger partial charge in [0.2, 0.25) is 10.0 Å². The van der Waals surface area contributed by atoms with E-state index in [1.165, 1.54) is 36.2 Å². The Hall–Kier alpha value is -2.20. The van der Waals surface area contributed by atoms with Crippen molar-refractivity contribution < 1.29 is 22.9 Å². The van der Waals surface area contributed by atoms with Gasteiger partial charge in [-0.3, -0.25) is 10.1 Å². The molecule has 0 aliphatic carbocycles. The molecule has 140 valence electrons. The van der Waals surface area contributed by atoms with Crippen molar-refractivity contribution in [3.8, 4) is 0 Å². The molecule has 25 heavy (non-hydrogen) atoms. The summed E-state index contributed by atoms with van der Waals surface area (Å²) in [6, 6.07) is 5.43. The Labute approximate surface area is 147 Å². The van der Waals surface area contributed by atoms with Gasteiger partial charge in [0.25, 0.3) is 5.69 Å². The number of nitrogens with one attached hydrogen (secondary N) is 1. The second-order valence-corrected chi connectivity index (χ2v) is 8.29. The summed E-state index contributed by atoms with van der Waals surface area (Å²) in [6.45, 7) is 5.34. The standard InChI is InChI=1S/C15H23N3O6S/c1-15(2,3)24-14(19)17(4)9-8-16-25(22,23)11-12-6-5-7-13(10-12)18(20)21/h5-7,10,16H,8-9,11H2,1-4H3. The molecule has 1 amide bonds. The fourth-order valence-corrected chi connectivity index (χ4v) is 2.95. The van der Waals surface area contributed by atoms with Crippen LogP contribution in [-0.4, -0.2) is 50.1 Å². The minimum Gasteiger partial charge on any atom is -0.444 e. The first-order valence-corrected chi connectivity index (χ1v) is 9.20. The molecule has 0 saturated heterocycles. The molecule has 9 nitrogen and oxygen atoms in total. The summed E-state index contributed by atoms with van der Waals surface area (Å²) in [5, 5.41) is 10.7. The Morgan fingerprint density at radius 1 is 1.36 bits per heavy atom. The highest BCUT2D eigenvalue weighted by Gasteiger charge is 2.20. The van der Waals surface area contributed by atoms with Crippen LogP contribution in [0.15, 0.2) is 24.3 Å². The number of benzene rings is 1. The maximum atomic E-state index is 12.0. The third kappa shape index (κ3) is 7.94. The van der Waals surface area contributed by atoms with E-state index in [-0.39, 0.29) is 24.5 Å². The molecule has 0 atom stereocenters. The van der Waals surface area contributed by atoms with Crippen LogP contribution >= 0.6 is 0 Å². The van der Waals surface area contributed by atoms with Crippen molar-refractivity contribution in [1.82, 2.24) is 9.62 Å². The highest BCUT2D eigenvalue weighted by molar-refractivity contribution is 7.88. The van der Waals surface area contributed by atoms with E-state index in [0.29, 0.717) is 5.56 Å². The number of sulfonamides is 1. The second-order valence-electron chi connectivity index (χ2n) is 6.48. The molecule has 0 aromatic heterocycles. The zero-order valence-corrected chi connectivity index (χ0v) is 15.5. The third-order valence-electron chi connectivity index (χ3n) is 2.95. The molecule has 0 radical (unpaired) electrons. The minimum atomic E-state index is -3.68. The maximum Gasteiger partial charge on any atom is 0.410 e. The number of non-ortho nitro benzene ring substituents is 1. The number of hydrogen-bond donors (Lipinski definition) is 1. The van der Waals surface area contributed by atoms with Crippen LogP contribution in [0.3, 0.4) is 0 Å². The summed E-state index contributed by atoms with van der Waals surface area (Å²) in [4.78, 5) is 23.2. The lowest BCUT2D eigenvalue weighted by Crippen LogP contribution is -2.39. The Morgan fingerprint density at radius 3 is 2.56 bits per heavy atom. The number of carbonyl (C=O) groups is 1. The van der Waals surface area contributed by atoms with Crippen molar-refractivity contribution in [3.05, 3.63) is 39.9 Å². The SMILES string of the molecule is CN(CCNS(=O)(=O)Cc1cccc([N+](=O)[O-])c1)C(=O)OC(C)(C)C. The lowest BCUT2D eigenvalue weighted by molar-refractivity contribution is -0.384. The van der Waals surface area contributed by atoms with Crippen LogP contribution in [0.5, 0.6) is 0 Å². The summed E-state index contributed by atoms with van der Waals surface area (Å²) in [7, 11) is -2.18. The molecular formula is C15H23N3O6S. The minimum absolute atomic E-state index is 0.00695. The second kappa shape index (κ2) is 8.26. The highest BCUT2D eigenvalue weighted by Crippen LogP contribution is 2.15. The molecule has 0 heterocycles. The van der Waals surface area contributed by atoms with E-state index in [9.17, 15) is 23.3 Å². The van der Waals surface area contributed by atoms with Crippen LogP contribution < -0.4 is 4.72 Å². The molecule has 1 aromatic carbocycles. The van der Waals surface area contributed by atoms with E-state index >= 15 is 0 Å². The van der Waals surface area contributed by atoms with Gasteiger partial charge in [0.15, 0.2) is 0 Å². The molecule has 0 unspecified atom stereocenters. The number of carbonyl (C=O) groups excluding carboxylic acids is 1. The lowest BCUT2D eigenvalue weighted by Gasteiger charge is -2.24. The van der Waals surface area contributed by atoms with Crippen molar-refractivity contribution >= 4 is 21.8 Å². The monoisotopic (exact) mass is 373 g/mol. The molecule has 1 rings (SSSR count). The maximum absolute atomic E-state index is 12.0. The molecular weight excluding hydrogens is 350 g/mol. The molecule has 0 aliphatic heterocycles. The summed E-state index contributed by atoms with van der Waals surface area (Å²) < 4.78 is 31.6. The largest absolute Gasteiger partial charge is 0.444 e. The lowest BCUT2D eigenvalue weighted by atomic mass is 10.2. The van der Waals surface area contributed by atoms with Crippen molar-refractivity contribution in [1.29, 1.82) is 0 Å². The molecule has 0 aliphatic rings. The Morgan fingerprint density at radius 2 is 2.00 bits per heavy atom. The van der Waals surface area contributed by atoms with Crippen LogP contribution in [0, 0.1) is 10.1 Å². The summed E-state index contributed by atoms with van der Waals surface area (Å²) in [6.07, 6.45) is -0.551. The topological polar surface area (TPSA) is 119 Å². The van der Waals surface area contributed by atoms with Crippen molar-refractivity contribution in [2.45, 2.75) is 32.1 Å². The van der Waals surface area contributed by atoms with Gasteiger partial charge in [-0.1, -0.05) is 12.1 Å². The van der Waals surface area contributed by atoms with Gasteiger partial charge in [0, 0.05) is 32.3 Å². The van der Waals surface area contributed by atoms with Crippen LogP contribution in [-0.2, 0) is 20.5 Å². The van der Waals surface area contributed by atoms with Crippen LogP contribution in [0.1, 0.15) is 26.3 Å². The molecule has 1 aromatic rings. The van der Waals surface area contributed by atoms with E-state index in [2.05, 4.69) is 4.72 Å². The number of rotatable bonds is 7. The predicted molar refractivity (Wildman–Crippen MR) is 92.6 cm³/mol. The zero-order chi connectivity index (χ0) is 19.3. The molecule has 0 saturated carbocycles. The van der Waals surface area contributed by atoms with E-state index < -0.39 is 26.6 Å². The number of amides is 1. The van der Waals surface area contributed by atoms with E-state index in [1.807, 2.05) is 0 Å². The number of nitrogens with zero attached hydrogens (tertiary/aromatic N) is 2. The number of nitro benzene ring substituents is 1. The summed E-state index contributed by atoms with van der Waals surface area (Å²) in [5.41, 5.74) is -0.494. The van der Waals surface area contributed by atoms with Crippen molar-refractivity contribution in [2.75, 3.05) is 20.1 Å². The first-order chi connectivity index (χ1) is 11.4. The van der Waals surface area contributed by atoms with Crippen LogP contribution in [0.25, 0.3) is 0 Å². The van der Waals surface area contributed by atoms with Crippen LogP contribution in [0.2, 0.25) is 0 Å². The number of nitro groups is 1. The first-order valence-electron chi connectivity index (χ1n) is 7.54. The average Bonchev–Trinajstić information content (AvgIpc) is 2.44. The molecule has 0 fully saturated rings. The van der Waals surface area contributed by atoms with E-state index in [4.69, 9.17) is 4.74 Å². The summed E-state index contributed by atoms with van der Waals surface area (Å²) in [5.74, 6) is -0.384. The average molecular weight is 373 g/mol. The van der Waals surface area contributed by atoms with Crippen molar-refractivity contribution in [3.63, 3.8) is 0 Å². The van der Waals surface area contributed by atoms with Gasteiger partial charge in [0.05, 0.1) is 10.7 Å². The molecule has 0 bridgehead atoms. The Kier molecular flexibility index (Phi) is 6.88. The number of hydrogen-bond acceptors (Lipinski definition) is 6. The van der Waals surface area contributed by atoms with Gasteiger partial charge in [-0.15, -0.1) is 0 Å². The van der Waals surface area contributed by atoms with Gasteiger partial charge < -0.3 is 9.64 Å². The van der Waals surface area contributed by atoms with Crippen LogP contribution in [0.4, 0.5) is 10.5 Å². The third-order valence-corrected chi connectivity index (χ3v) is 4.31. The van der Waals surface area contributed by atoms with Crippen molar-refractivity contribution in [2.24, 2.45) is 0 Å². The van der Waals surface area contributed by atoms with Gasteiger partial charge >= 0.3 is 6.09 Å². The summed E-state index contributed by atoms with van der Waals surface area (Å²) >= 11 is 0. The van der Waals surface area contributed by atoms with E-state index in [1.54, 1.807) is 20.8 Å². The zero-order valence-electron chi connectivity index (χ0n) is 14.7. The van der Waals surface area contributed by atoms with Gasteiger partial charge in [0.1, 0.15) is 5.60 Å². The number of ether oxygens (including phenoxy) is 1. The Balaban J connectivity index is 2.55. The van der Waals surface area contributed by atoms with Gasteiger partial charge in [-0.05, 0) is 26.3 Å². The smallest absolute Gasteiger partial charge is 0.410 e. The fourth-order valence-electron chi connectivity index (χ4n) is 1.83. The predicted octanol–water partition coefficient (Wildman–Crippen LogP) is 1.88. The molecule has 1 N–H and O–H groups in total. The molecule has 10 heteroatoms. The highest BCUT2D eigenvalue weighted by atomic mass is 32.2.